The standard InChI is InChI=1S/C41H42O8/c1-23(2)39(44)48-35-19-17-33(37(27(35)7)46-21-25(5)42)41(31-15-11-9-13-29(31)30-14-10-12-16-32(30)41)34-18-20-36(49-40(45)24(3)4)28(8)38(34)47-22-26(6)43/h9-20,25-26,42-43H,1,3,21-22H2,2,4-8H3. The predicted octanol–water partition coefficient (Wildman–Crippen LogP) is 7.15. The Bertz CT molecular complexity index is 1810. The topological polar surface area (TPSA) is 112 Å². The van der Waals surface area contributed by atoms with E-state index in [1.54, 1.807) is 53.7 Å². The van der Waals surface area contributed by atoms with Gasteiger partial charge in [-0.2, -0.15) is 0 Å². The lowest BCUT2D eigenvalue weighted by molar-refractivity contribution is -0.131. The van der Waals surface area contributed by atoms with Gasteiger partial charge < -0.3 is 29.2 Å². The van der Waals surface area contributed by atoms with Gasteiger partial charge in [-0.1, -0.05) is 73.8 Å². The lowest BCUT2D eigenvalue weighted by Gasteiger charge is -2.37. The predicted molar refractivity (Wildman–Crippen MR) is 188 cm³/mol. The Kier molecular flexibility index (Phi) is 10.1. The second-order valence-corrected chi connectivity index (χ2v) is 12.6. The normalized spacial score (nSPS) is 13.8. The van der Waals surface area contributed by atoms with E-state index in [1.807, 2.05) is 36.4 Å². The minimum absolute atomic E-state index is 0.0364. The fraction of sp³-hybridized carbons (Fsp3) is 0.268. The smallest absolute Gasteiger partial charge is 0.338 e. The summed E-state index contributed by atoms with van der Waals surface area (Å²) in [6.45, 7) is 17.4. The Morgan fingerprint density at radius 2 is 1.00 bits per heavy atom. The first kappa shape index (κ1) is 35.1. The summed E-state index contributed by atoms with van der Waals surface area (Å²) < 4.78 is 24.4. The molecule has 4 aromatic carbocycles. The van der Waals surface area contributed by atoms with Crippen LogP contribution in [0.2, 0.25) is 0 Å². The van der Waals surface area contributed by atoms with E-state index in [-0.39, 0.29) is 35.9 Å². The molecule has 49 heavy (non-hydrogen) atoms. The number of carbonyl (C=O) groups excluding carboxylic acids is 2. The Morgan fingerprint density at radius 3 is 1.35 bits per heavy atom. The molecule has 2 N–H and O–H groups in total. The molecule has 0 fully saturated rings. The Balaban J connectivity index is 1.93. The van der Waals surface area contributed by atoms with Crippen LogP contribution in [0.25, 0.3) is 11.1 Å². The molecule has 5 rings (SSSR count). The van der Waals surface area contributed by atoms with Gasteiger partial charge in [0, 0.05) is 33.4 Å². The van der Waals surface area contributed by atoms with Gasteiger partial charge in [0.1, 0.15) is 36.2 Å². The summed E-state index contributed by atoms with van der Waals surface area (Å²) in [5.74, 6) is 0.250. The number of fused-ring (bicyclic) bond motifs is 3. The van der Waals surface area contributed by atoms with Crippen LogP contribution in [0.15, 0.2) is 97.1 Å². The second-order valence-electron chi connectivity index (χ2n) is 12.6. The van der Waals surface area contributed by atoms with E-state index in [9.17, 15) is 19.8 Å². The molecule has 2 unspecified atom stereocenters. The van der Waals surface area contributed by atoms with Crippen LogP contribution in [0.5, 0.6) is 23.0 Å². The van der Waals surface area contributed by atoms with Crippen molar-refractivity contribution in [1.29, 1.82) is 0 Å². The number of carbonyl (C=O) groups is 2. The Labute approximate surface area is 287 Å². The molecule has 0 spiro atoms. The van der Waals surface area contributed by atoms with E-state index < -0.39 is 29.6 Å². The van der Waals surface area contributed by atoms with Gasteiger partial charge in [0.05, 0.1) is 17.6 Å². The maximum absolute atomic E-state index is 12.7. The molecule has 1 aliphatic carbocycles. The summed E-state index contributed by atoms with van der Waals surface area (Å²) >= 11 is 0. The van der Waals surface area contributed by atoms with Crippen molar-refractivity contribution in [1.82, 2.24) is 0 Å². The van der Waals surface area contributed by atoms with Gasteiger partial charge in [0.15, 0.2) is 0 Å². The second kappa shape index (κ2) is 14.1. The number of esters is 2. The molecule has 8 nitrogen and oxygen atoms in total. The number of hydrogen-bond donors (Lipinski definition) is 2. The highest BCUT2D eigenvalue weighted by Gasteiger charge is 2.50. The third-order valence-corrected chi connectivity index (χ3v) is 8.51. The average molecular weight is 663 g/mol. The molecule has 0 radical (unpaired) electrons. The van der Waals surface area contributed by atoms with Crippen molar-refractivity contribution in [3.8, 4) is 34.1 Å². The van der Waals surface area contributed by atoms with Gasteiger partial charge >= 0.3 is 11.9 Å². The van der Waals surface area contributed by atoms with Crippen molar-refractivity contribution < 1.29 is 38.7 Å². The monoisotopic (exact) mass is 662 g/mol. The van der Waals surface area contributed by atoms with Crippen molar-refractivity contribution in [2.45, 2.75) is 59.2 Å². The highest BCUT2D eigenvalue weighted by atomic mass is 16.5. The average Bonchev–Trinajstić information content (AvgIpc) is 3.35. The summed E-state index contributed by atoms with van der Waals surface area (Å²) in [6, 6.07) is 23.4. The molecule has 0 bridgehead atoms. The van der Waals surface area contributed by atoms with Gasteiger partial charge in [-0.05, 0) is 75.9 Å². The van der Waals surface area contributed by atoms with Crippen molar-refractivity contribution in [3.63, 3.8) is 0 Å². The molecule has 0 aromatic heterocycles. The molecule has 8 heteroatoms. The maximum atomic E-state index is 12.7. The lowest BCUT2D eigenvalue weighted by atomic mass is 9.66. The Morgan fingerprint density at radius 1 is 0.633 bits per heavy atom. The van der Waals surface area contributed by atoms with Crippen LogP contribution in [-0.4, -0.2) is 47.6 Å². The fourth-order valence-electron chi connectivity index (χ4n) is 6.27. The zero-order valence-corrected chi connectivity index (χ0v) is 28.8. The van der Waals surface area contributed by atoms with Gasteiger partial charge in [0.25, 0.3) is 0 Å². The number of hydrogen-bond acceptors (Lipinski definition) is 8. The van der Waals surface area contributed by atoms with Crippen LogP contribution in [0.4, 0.5) is 0 Å². The van der Waals surface area contributed by atoms with Crippen LogP contribution in [0, 0.1) is 13.8 Å². The third-order valence-electron chi connectivity index (χ3n) is 8.51. The minimum Gasteiger partial charge on any atom is -0.490 e. The SMILES string of the molecule is C=C(C)C(=O)Oc1ccc(C2(c3ccc(OC(=O)C(=C)C)c(C)c3OCC(C)O)c3ccccc3-c3ccccc32)c(OCC(C)O)c1C. The van der Waals surface area contributed by atoms with Crippen LogP contribution in [-0.2, 0) is 15.0 Å². The van der Waals surface area contributed by atoms with E-state index in [2.05, 4.69) is 37.4 Å². The quantitative estimate of drug-likeness (QED) is 0.0824. The summed E-state index contributed by atoms with van der Waals surface area (Å²) in [7, 11) is 0. The number of aliphatic hydroxyl groups is 2. The maximum Gasteiger partial charge on any atom is 0.338 e. The first-order chi connectivity index (χ1) is 23.3. The molecular weight excluding hydrogens is 620 g/mol. The van der Waals surface area contributed by atoms with Crippen molar-refractivity contribution in [2.75, 3.05) is 13.2 Å². The summed E-state index contributed by atoms with van der Waals surface area (Å²) in [5.41, 5.74) is 5.72. The molecular formula is C41H42O8. The molecule has 0 aliphatic heterocycles. The molecule has 1 aliphatic rings. The number of aliphatic hydroxyl groups excluding tert-OH is 2. The van der Waals surface area contributed by atoms with Crippen molar-refractivity contribution in [2.24, 2.45) is 0 Å². The molecule has 0 saturated carbocycles. The van der Waals surface area contributed by atoms with Crippen molar-refractivity contribution >= 4 is 11.9 Å². The zero-order chi connectivity index (χ0) is 35.6. The van der Waals surface area contributed by atoms with Crippen LogP contribution < -0.4 is 18.9 Å². The molecule has 0 amide bonds. The third kappa shape index (κ3) is 6.49. The van der Waals surface area contributed by atoms with Crippen LogP contribution >= 0.6 is 0 Å². The summed E-state index contributed by atoms with van der Waals surface area (Å²) in [5, 5.41) is 20.8. The minimum atomic E-state index is -1.10. The van der Waals surface area contributed by atoms with Crippen molar-refractivity contribution in [3.05, 3.63) is 130 Å². The molecule has 4 aromatic rings. The molecule has 2 atom stereocenters. The molecule has 254 valence electrons. The lowest BCUT2D eigenvalue weighted by Crippen LogP contribution is -2.31. The first-order valence-electron chi connectivity index (χ1n) is 16.1. The summed E-state index contributed by atoms with van der Waals surface area (Å²) in [6.07, 6.45) is -1.61. The van der Waals surface area contributed by atoms with E-state index in [4.69, 9.17) is 18.9 Å². The van der Waals surface area contributed by atoms with Gasteiger partial charge in [-0.15, -0.1) is 0 Å². The van der Waals surface area contributed by atoms with Crippen LogP contribution in [0.3, 0.4) is 0 Å². The fourth-order valence-corrected chi connectivity index (χ4v) is 6.27. The van der Waals surface area contributed by atoms with E-state index in [0.29, 0.717) is 33.8 Å². The highest BCUT2D eigenvalue weighted by molar-refractivity contribution is 5.91. The molecule has 0 saturated heterocycles. The van der Waals surface area contributed by atoms with Gasteiger partial charge in [-0.3, -0.25) is 0 Å². The van der Waals surface area contributed by atoms with Crippen LogP contribution in [0.1, 0.15) is 61.1 Å². The zero-order valence-electron chi connectivity index (χ0n) is 28.8. The van der Waals surface area contributed by atoms with E-state index in [0.717, 1.165) is 22.3 Å². The van der Waals surface area contributed by atoms with Gasteiger partial charge in [0.2, 0.25) is 0 Å². The first-order valence-corrected chi connectivity index (χ1v) is 16.1. The van der Waals surface area contributed by atoms with E-state index in [1.165, 1.54) is 0 Å². The molecule has 0 heterocycles. The van der Waals surface area contributed by atoms with E-state index >= 15 is 0 Å². The number of benzene rings is 4. The summed E-state index contributed by atoms with van der Waals surface area (Å²) in [4.78, 5) is 25.3. The highest BCUT2D eigenvalue weighted by Crippen LogP contribution is 2.61. The largest absolute Gasteiger partial charge is 0.490 e. The number of rotatable bonds is 12. The Hall–Kier alpha value is -5.18. The number of ether oxygens (including phenoxy) is 4. The van der Waals surface area contributed by atoms with Gasteiger partial charge in [-0.25, -0.2) is 9.59 Å².